The molecule has 0 aliphatic heterocycles. The van der Waals surface area contributed by atoms with E-state index in [9.17, 15) is 0 Å². The second-order valence-corrected chi connectivity index (χ2v) is 2.20. The van der Waals surface area contributed by atoms with E-state index in [1.165, 1.54) is 0 Å². The van der Waals surface area contributed by atoms with Crippen LogP contribution in [-0.4, -0.2) is 7.11 Å². The lowest BCUT2D eigenvalue weighted by Gasteiger charge is -2.02. The first-order valence-electron chi connectivity index (χ1n) is 3.34. The third-order valence-electron chi connectivity index (χ3n) is 1.51. The first-order chi connectivity index (χ1) is 5.27. The van der Waals surface area contributed by atoms with Crippen LogP contribution in [0.15, 0.2) is 24.8 Å². The van der Waals surface area contributed by atoms with Crippen molar-refractivity contribution in [2.24, 2.45) is 0 Å². The summed E-state index contributed by atoms with van der Waals surface area (Å²) in [5.74, 6) is 0.800. The predicted molar refractivity (Wildman–Crippen MR) is 47.5 cm³/mol. The fraction of sp³-hybridized carbons (Fsp3) is 0.111. The minimum atomic E-state index is 0.723. The number of hydrogen-bond donors (Lipinski definition) is 1. The van der Waals surface area contributed by atoms with Gasteiger partial charge in [0.05, 0.1) is 7.11 Å². The minimum Gasteiger partial charge on any atom is -0.497 e. The number of ether oxygens (including phenoxy) is 1. The average molecular weight is 149 g/mol. The molecule has 0 aromatic heterocycles. The lowest BCUT2D eigenvalue weighted by atomic mass is 10.2. The molecule has 0 saturated carbocycles. The Balaban J connectivity index is 3.12. The molecule has 11 heavy (non-hydrogen) atoms. The van der Waals surface area contributed by atoms with Crippen molar-refractivity contribution < 1.29 is 4.74 Å². The highest BCUT2D eigenvalue weighted by Crippen LogP contribution is 2.19. The molecular formula is C9H11NO. The number of nitrogens with two attached hydrogens (primary N) is 1. The standard InChI is InChI=1S/C9H11NO/c1-3-7-6-8(11-2)4-5-9(7)10/h3-6H,1,10H2,2H3. The van der Waals surface area contributed by atoms with Gasteiger partial charge in [-0.1, -0.05) is 12.7 Å². The summed E-state index contributed by atoms with van der Waals surface area (Å²) < 4.78 is 5.01. The van der Waals surface area contributed by atoms with Crippen LogP contribution in [0.4, 0.5) is 5.69 Å². The number of rotatable bonds is 2. The molecule has 0 atom stereocenters. The zero-order chi connectivity index (χ0) is 8.27. The van der Waals surface area contributed by atoms with Gasteiger partial charge in [-0.25, -0.2) is 0 Å². The SMILES string of the molecule is C=Cc1cc(OC)ccc1N. The van der Waals surface area contributed by atoms with Crippen LogP contribution in [0.5, 0.6) is 5.75 Å². The summed E-state index contributed by atoms with van der Waals surface area (Å²) in [6.45, 7) is 3.63. The van der Waals surface area contributed by atoms with E-state index in [2.05, 4.69) is 6.58 Å². The summed E-state index contributed by atoms with van der Waals surface area (Å²) in [5.41, 5.74) is 7.26. The molecule has 58 valence electrons. The van der Waals surface area contributed by atoms with Crippen LogP contribution in [0.25, 0.3) is 6.08 Å². The largest absolute Gasteiger partial charge is 0.497 e. The average Bonchev–Trinajstić information content (AvgIpc) is 2.05. The second kappa shape index (κ2) is 3.10. The van der Waals surface area contributed by atoms with Gasteiger partial charge in [0.15, 0.2) is 0 Å². The predicted octanol–water partition coefficient (Wildman–Crippen LogP) is 1.92. The third-order valence-corrected chi connectivity index (χ3v) is 1.51. The van der Waals surface area contributed by atoms with Crippen molar-refractivity contribution in [2.45, 2.75) is 0 Å². The Morgan fingerprint density at radius 2 is 2.27 bits per heavy atom. The molecule has 0 spiro atoms. The molecule has 0 heterocycles. The highest BCUT2D eigenvalue weighted by molar-refractivity contribution is 5.65. The topological polar surface area (TPSA) is 35.2 Å². The van der Waals surface area contributed by atoms with E-state index in [-0.39, 0.29) is 0 Å². The van der Waals surface area contributed by atoms with Gasteiger partial charge in [-0.05, 0) is 18.2 Å². The van der Waals surface area contributed by atoms with Gasteiger partial charge in [0.1, 0.15) is 5.75 Å². The summed E-state index contributed by atoms with van der Waals surface area (Å²) in [4.78, 5) is 0. The van der Waals surface area contributed by atoms with Crippen LogP contribution in [0.2, 0.25) is 0 Å². The van der Waals surface area contributed by atoms with Crippen LogP contribution >= 0.6 is 0 Å². The molecule has 0 aliphatic rings. The van der Waals surface area contributed by atoms with Crippen molar-refractivity contribution in [1.82, 2.24) is 0 Å². The Hall–Kier alpha value is -1.44. The van der Waals surface area contributed by atoms with Gasteiger partial charge < -0.3 is 10.5 Å². The molecule has 1 rings (SSSR count). The van der Waals surface area contributed by atoms with Gasteiger partial charge >= 0.3 is 0 Å². The summed E-state index contributed by atoms with van der Waals surface area (Å²) in [7, 11) is 1.62. The molecule has 2 nitrogen and oxygen atoms in total. The Morgan fingerprint density at radius 1 is 1.55 bits per heavy atom. The van der Waals surface area contributed by atoms with E-state index in [1.54, 1.807) is 19.3 Å². The maximum Gasteiger partial charge on any atom is 0.119 e. The Kier molecular flexibility index (Phi) is 2.16. The van der Waals surface area contributed by atoms with Crippen molar-refractivity contribution in [3.05, 3.63) is 30.3 Å². The quantitative estimate of drug-likeness (QED) is 0.652. The number of benzene rings is 1. The van der Waals surface area contributed by atoms with Gasteiger partial charge in [-0.2, -0.15) is 0 Å². The molecule has 0 fully saturated rings. The molecule has 0 radical (unpaired) electrons. The highest BCUT2D eigenvalue weighted by Gasteiger charge is 1.95. The van der Waals surface area contributed by atoms with Gasteiger partial charge in [0.2, 0.25) is 0 Å². The van der Waals surface area contributed by atoms with Crippen molar-refractivity contribution in [3.8, 4) is 5.75 Å². The van der Waals surface area contributed by atoms with Gasteiger partial charge in [-0.15, -0.1) is 0 Å². The summed E-state index contributed by atoms with van der Waals surface area (Å²) in [6.07, 6.45) is 1.71. The van der Waals surface area contributed by atoms with Crippen LogP contribution in [0, 0.1) is 0 Å². The first-order valence-corrected chi connectivity index (χ1v) is 3.34. The van der Waals surface area contributed by atoms with Crippen molar-refractivity contribution >= 4 is 11.8 Å². The highest BCUT2D eigenvalue weighted by atomic mass is 16.5. The maximum absolute atomic E-state index is 5.63. The Morgan fingerprint density at radius 3 is 2.82 bits per heavy atom. The zero-order valence-corrected chi connectivity index (χ0v) is 6.50. The normalized spacial score (nSPS) is 9.18. The molecule has 1 aromatic rings. The lowest BCUT2D eigenvalue weighted by molar-refractivity contribution is 0.415. The van der Waals surface area contributed by atoms with Crippen LogP contribution < -0.4 is 10.5 Å². The lowest BCUT2D eigenvalue weighted by Crippen LogP contribution is -1.90. The molecule has 0 unspecified atom stereocenters. The molecular weight excluding hydrogens is 138 g/mol. The van der Waals surface area contributed by atoms with Gasteiger partial charge in [0.25, 0.3) is 0 Å². The van der Waals surface area contributed by atoms with E-state index in [4.69, 9.17) is 10.5 Å². The van der Waals surface area contributed by atoms with E-state index in [1.807, 2.05) is 12.1 Å². The Bertz CT molecular complexity index is 268. The number of anilines is 1. The maximum atomic E-state index is 5.63. The minimum absolute atomic E-state index is 0.723. The van der Waals surface area contributed by atoms with Crippen molar-refractivity contribution in [3.63, 3.8) is 0 Å². The third kappa shape index (κ3) is 1.52. The molecule has 0 saturated heterocycles. The fourth-order valence-corrected chi connectivity index (χ4v) is 0.857. The molecule has 0 aliphatic carbocycles. The zero-order valence-electron chi connectivity index (χ0n) is 6.50. The van der Waals surface area contributed by atoms with Gasteiger partial charge in [-0.3, -0.25) is 0 Å². The van der Waals surface area contributed by atoms with Crippen molar-refractivity contribution in [2.75, 3.05) is 12.8 Å². The van der Waals surface area contributed by atoms with E-state index in [0.717, 1.165) is 17.0 Å². The Labute approximate surface area is 66.3 Å². The molecule has 2 N–H and O–H groups in total. The molecule has 1 aromatic carbocycles. The molecule has 0 amide bonds. The van der Waals surface area contributed by atoms with Crippen LogP contribution in [0.1, 0.15) is 5.56 Å². The van der Waals surface area contributed by atoms with E-state index < -0.39 is 0 Å². The smallest absolute Gasteiger partial charge is 0.119 e. The number of nitrogen functional groups attached to an aromatic ring is 1. The van der Waals surface area contributed by atoms with Crippen molar-refractivity contribution in [1.29, 1.82) is 0 Å². The number of hydrogen-bond acceptors (Lipinski definition) is 2. The van der Waals surface area contributed by atoms with E-state index in [0.29, 0.717) is 0 Å². The first kappa shape index (κ1) is 7.66. The second-order valence-electron chi connectivity index (χ2n) is 2.20. The summed E-state index contributed by atoms with van der Waals surface area (Å²) in [5, 5.41) is 0. The fourth-order valence-electron chi connectivity index (χ4n) is 0.857. The molecule has 2 heteroatoms. The molecule has 0 bridgehead atoms. The summed E-state index contributed by atoms with van der Waals surface area (Å²) in [6, 6.07) is 5.47. The van der Waals surface area contributed by atoms with Gasteiger partial charge in [0, 0.05) is 11.3 Å². The van der Waals surface area contributed by atoms with Crippen LogP contribution in [0.3, 0.4) is 0 Å². The summed E-state index contributed by atoms with van der Waals surface area (Å²) >= 11 is 0. The van der Waals surface area contributed by atoms with E-state index >= 15 is 0 Å². The number of methoxy groups -OCH3 is 1. The monoisotopic (exact) mass is 149 g/mol. The van der Waals surface area contributed by atoms with Crippen LogP contribution in [-0.2, 0) is 0 Å².